The molecule has 0 spiro atoms. The molecule has 0 atom stereocenters. The van der Waals surface area contributed by atoms with Crippen LogP contribution in [0.25, 0.3) is 0 Å². The maximum Gasteiger partial charge on any atom is 0.253 e. The number of anilines is 2. The lowest BCUT2D eigenvalue weighted by atomic mass is 10.1. The predicted molar refractivity (Wildman–Crippen MR) is 96.0 cm³/mol. The maximum absolute atomic E-state index is 12.2. The van der Waals surface area contributed by atoms with Gasteiger partial charge < -0.3 is 20.9 Å². The molecule has 1 aliphatic heterocycles. The quantitative estimate of drug-likeness (QED) is 0.830. The number of pyridine rings is 1. The van der Waals surface area contributed by atoms with Gasteiger partial charge in [0, 0.05) is 44.6 Å². The average molecular weight is 325 g/mol. The first kappa shape index (κ1) is 16.3. The maximum atomic E-state index is 12.2. The van der Waals surface area contributed by atoms with Crippen LogP contribution in [-0.2, 0) is 6.54 Å². The Bertz CT molecular complexity index is 710. The average Bonchev–Trinajstić information content (AvgIpc) is 2.61. The Hall–Kier alpha value is -2.60. The van der Waals surface area contributed by atoms with Crippen molar-refractivity contribution in [2.24, 2.45) is 0 Å². The summed E-state index contributed by atoms with van der Waals surface area (Å²) in [5, 5.41) is 2.92. The summed E-state index contributed by atoms with van der Waals surface area (Å²) < 4.78 is 0. The van der Waals surface area contributed by atoms with Gasteiger partial charge >= 0.3 is 0 Å². The van der Waals surface area contributed by atoms with E-state index in [0.29, 0.717) is 17.8 Å². The van der Waals surface area contributed by atoms with Gasteiger partial charge in [0.2, 0.25) is 0 Å². The van der Waals surface area contributed by atoms with Crippen molar-refractivity contribution in [2.75, 3.05) is 43.9 Å². The van der Waals surface area contributed by atoms with Gasteiger partial charge in [-0.05, 0) is 36.9 Å². The van der Waals surface area contributed by atoms with E-state index in [2.05, 4.69) is 27.1 Å². The number of piperazine rings is 1. The fraction of sp³-hybridized carbons (Fsp3) is 0.333. The lowest BCUT2D eigenvalue weighted by Gasteiger charge is -2.33. The molecule has 24 heavy (non-hydrogen) atoms. The molecule has 2 aromatic rings. The molecular formula is C18H23N5O. The number of carbonyl (C=O) groups is 1. The molecule has 126 valence electrons. The highest BCUT2D eigenvalue weighted by Crippen LogP contribution is 2.15. The van der Waals surface area contributed by atoms with Gasteiger partial charge in [0.15, 0.2) is 0 Å². The van der Waals surface area contributed by atoms with Crippen molar-refractivity contribution in [3.63, 3.8) is 0 Å². The summed E-state index contributed by atoms with van der Waals surface area (Å²) in [6.45, 7) is 4.47. The molecule has 1 aromatic heterocycles. The van der Waals surface area contributed by atoms with Crippen LogP contribution in [0.2, 0.25) is 0 Å². The van der Waals surface area contributed by atoms with E-state index in [1.807, 2.05) is 24.3 Å². The molecule has 1 fully saturated rings. The van der Waals surface area contributed by atoms with Crippen LogP contribution in [0.3, 0.4) is 0 Å². The van der Waals surface area contributed by atoms with Crippen molar-refractivity contribution < 1.29 is 4.79 Å². The number of hydrogen-bond donors (Lipinski definition) is 2. The lowest BCUT2D eigenvalue weighted by Crippen LogP contribution is -2.44. The van der Waals surface area contributed by atoms with Crippen LogP contribution in [0.5, 0.6) is 0 Å². The molecule has 0 bridgehead atoms. The number of rotatable bonds is 4. The minimum Gasteiger partial charge on any atom is -0.398 e. The highest BCUT2D eigenvalue weighted by Gasteiger charge is 2.15. The van der Waals surface area contributed by atoms with E-state index >= 15 is 0 Å². The zero-order chi connectivity index (χ0) is 16.9. The molecule has 1 aliphatic rings. The van der Waals surface area contributed by atoms with E-state index in [9.17, 15) is 4.79 Å². The van der Waals surface area contributed by atoms with Crippen molar-refractivity contribution >= 4 is 17.4 Å². The lowest BCUT2D eigenvalue weighted by molar-refractivity contribution is 0.0952. The van der Waals surface area contributed by atoms with Crippen LogP contribution in [0.4, 0.5) is 11.5 Å². The van der Waals surface area contributed by atoms with Crippen LogP contribution in [0.1, 0.15) is 15.9 Å². The number of aromatic nitrogens is 1. The summed E-state index contributed by atoms with van der Waals surface area (Å²) in [6.07, 6.45) is 1.80. The molecule has 0 unspecified atom stereocenters. The van der Waals surface area contributed by atoms with Gasteiger partial charge in [-0.2, -0.15) is 0 Å². The molecule has 0 saturated carbocycles. The fourth-order valence-corrected chi connectivity index (χ4v) is 2.76. The number of nitrogens with two attached hydrogens (primary N) is 1. The highest BCUT2D eigenvalue weighted by molar-refractivity contribution is 5.99. The van der Waals surface area contributed by atoms with Crippen molar-refractivity contribution in [1.29, 1.82) is 0 Å². The fourth-order valence-electron chi connectivity index (χ4n) is 2.76. The topological polar surface area (TPSA) is 74.5 Å². The van der Waals surface area contributed by atoms with Crippen molar-refractivity contribution in [1.82, 2.24) is 15.2 Å². The summed E-state index contributed by atoms with van der Waals surface area (Å²) in [5.74, 6) is 0.806. The van der Waals surface area contributed by atoms with Crippen molar-refractivity contribution in [3.8, 4) is 0 Å². The number of amides is 1. The molecule has 3 N–H and O–H groups in total. The third-order valence-corrected chi connectivity index (χ3v) is 4.30. The molecule has 0 radical (unpaired) electrons. The molecular weight excluding hydrogens is 302 g/mol. The Balaban J connectivity index is 1.63. The van der Waals surface area contributed by atoms with Crippen LogP contribution in [-0.4, -0.2) is 49.0 Å². The Morgan fingerprint density at radius 2 is 1.96 bits per heavy atom. The normalized spacial score (nSPS) is 15.3. The first-order valence-corrected chi connectivity index (χ1v) is 8.14. The third kappa shape index (κ3) is 3.83. The minimum absolute atomic E-state index is 0.161. The van der Waals surface area contributed by atoms with E-state index in [1.165, 1.54) is 0 Å². The van der Waals surface area contributed by atoms with Crippen molar-refractivity contribution in [3.05, 3.63) is 53.7 Å². The third-order valence-electron chi connectivity index (χ3n) is 4.30. The zero-order valence-electron chi connectivity index (χ0n) is 13.9. The number of likely N-dealkylation sites (N-methyl/N-ethyl adjacent to an activating group) is 1. The van der Waals surface area contributed by atoms with E-state index in [1.54, 1.807) is 18.3 Å². The second-order valence-corrected chi connectivity index (χ2v) is 6.08. The summed E-state index contributed by atoms with van der Waals surface area (Å²) in [6, 6.07) is 11.0. The molecule has 6 heteroatoms. The Kier molecular flexibility index (Phi) is 4.96. The molecule has 3 rings (SSSR count). The number of nitrogens with zero attached hydrogens (tertiary/aromatic N) is 3. The number of para-hydroxylation sites is 1. The minimum atomic E-state index is -0.161. The molecule has 2 heterocycles. The first-order chi connectivity index (χ1) is 11.6. The summed E-state index contributed by atoms with van der Waals surface area (Å²) in [5.41, 5.74) is 7.87. The summed E-state index contributed by atoms with van der Waals surface area (Å²) in [7, 11) is 2.13. The Morgan fingerprint density at radius 1 is 1.21 bits per heavy atom. The molecule has 1 aromatic carbocycles. The SMILES string of the molecule is CN1CCN(c2cc(CNC(=O)c3ccccc3N)ccn2)CC1. The van der Waals surface area contributed by atoms with Crippen LogP contribution in [0.15, 0.2) is 42.6 Å². The standard InChI is InChI=1S/C18H23N5O/c1-22-8-10-23(11-9-22)17-12-14(6-7-20-17)13-21-18(24)15-4-2-3-5-16(15)19/h2-7,12H,8-11,13,19H2,1H3,(H,21,24). The molecule has 1 saturated heterocycles. The highest BCUT2D eigenvalue weighted by atomic mass is 16.1. The van der Waals surface area contributed by atoms with Crippen molar-refractivity contribution in [2.45, 2.75) is 6.54 Å². The van der Waals surface area contributed by atoms with Gasteiger partial charge in [-0.15, -0.1) is 0 Å². The van der Waals surface area contributed by atoms with E-state index in [4.69, 9.17) is 5.73 Å². The van der Waals surface area contributed by atoms with Gasteiger partial charge in [0.05, 0.1) is 5.56 Å². The zero-order valence-corrected chi connectivity index (χ0v) is 13.9. The molecule has 1 amide bonds. The first-order valence-electron chi connectivity index (χ1n) is 8.14. The number of carbonyl (C=O) groups excluding carboxylic acids is 1. The molecule has 6 nitrogen and oxygen atoms in total. The monoisotopic (exact) mass is 325 g/mol. The van der Waals surface area contributed by atoms with Gasteiger partial charge in [0.1, 0.15) is 5.82 Å². The van der Waals surface area contributed by atoms with E-state index < -0.39 is 0 Å². The number of hydrogen-bond acceptors (Lipinski definition) is 5. The summed E-state index contributed by atoms with van der Waals surface area (Å²) >= 11 is 0. The number of benzene rings is 1. The van der Waals surface area contributed by atoms with Gasteiger partial charge in [0.25, 0.3) is 5.91 Å². The van der Waals surface area contributed by atoms with Gasteiger partial charge in [-0.3, -0.25) is 4.79 Å². The Morgan fingerprint density at radius 3 is 2.71 bits per heavy atom. The van der Waals surface area contributed by atoms with Crippen LogP contribution < -0.4 is 16.0 Å². The second kappa shape index (κ2) is 7.31. The molecule has 0 aliphatic carbocycles. The van der Waals surface area contributed by atoms with Crippen LogP contribution >= 0.6 is 0 Å². The number of nitrogens with one attached hydrogen (secondary N) is 1. The second-order valence-electron chi connectivity index (χ2n) is 6.08. The van der Waals surface area contributed by atoms with E-state index in [0.717, 1.165) is 37.6 Å². The Labute approximate surface area is 142 Å². The summed E-state index contributed by atoms with van der Waals surface area (Å²) in [4.78, 5) is 21.3. The van der Waals surface area contributed by atoms with Gasteiger partial charge in [-0.25, -0.2) is 4.98 Å². The largest absolute Gasteiger partial charge is 0.398 e. The van der Waals surface area contributed by atoms with Gasteiger partial charge in [-0.1, -0.05) is 12.1 Å². The number of nitrogen functional groups attached to an aromatic ring is 1. The van der Waals surface area contributed by atoms with Crippen LogP contribution in [0, 0.1) is 0 Å². The smallest absolute Gasteiger partial charge is 0.253 e. The van der Waals surface area contributed by atoms with E-state index in [-0.39, 0.29) is 5.91 Å². The predicted octanol–water partition coefficient (Wildman–Crippen LogP) is 1.35.